The molecule has 0 spiro atoms. The van der Waals surface area contributed by atoms with E-state index in [1.165, 1.54) is 12.1 Å². The number of amides is 3. The minimum atomic E-state index is -0.847. The number of nitrogens with one attached hydrogen (secondary N) is 2. The van der Waals surface area contributed by atoms with Gasteiger partial charge in [-0.05, 0) is 48.7 Å². The fourth-order valence-electron chi connectivity index (χ4n) is 4.43. The van der Waals surface area contributed by atoms with Gasteiger partial charge in [-0.1, -0.05) is 35.3 Å². The number of ether oxygens (including phenoxy) is 2. The van der Waals surface area contributed by atoms with E-state index in [1.807, 2.05) is 0 Å². The highest BCUT2D eigenvalue weighted by molar-refractivity contribution is 6.42. The van der Waals surface area contributed by atoms with Gasteiger partial charge >= 0.3 is 6.03 Å². The summed E-state index contributed by atoms with van der Waals surface area (Å²) in [5, 5.41) is 16.6. The zero-order valence-corrected chi connectivity index (χ0v) is 21.0. The average molecular weight is 540 g/mol. The Bertz CT molecular complexity index is 1070. The van der Waals surface area contributed by atoms with Crippen LogP contribution >= 0.6 is 23.2 Å². The van der Waals surface area contributed by atoms with Crippen molar-refractivity contribution in [1.82, 2.24) is 10.2 Å². The first-order chi connectivity index (χ1) is 17.3. The maximum atomic E-state index is 13.2. The van der Waals surface area contributed by atoms with E-state index in [0.717, 1.165) is 5.56 Å². The summed E-state index contributed by atoms with van der Waals surface area (Å²) in [5.74, 6) is -0.511. The van der Waals surface area contributed by atoms with Crippen molar-refractivity contribution < 1.29 is 28.6 Å². The van der Waals surface area contributed by atoms with Crippen molar-refractivity contribution in [2.45, 2.75) is 50.2 Å². The van der Waals surface area contributed by atoms with Crippen molar-refractivity contribution in [3.05, 3.63) is 63.9 Å². The molecule has 2 heterocycles. The largest absolute Gasteiger partial charge is 0.389 e. The second kappa shape index (κ2) is 12.2. The number of carbonyl (C=O) groups excluding carboxylic acids is 2. The van der Waals surface area contributed by atoms with E-state index >= 15 is 0 Å². The third kappa shape index (κ3) is 7.08. The number of fused-ring (bicyclic) bond motifs is 1. The van der Waals surface area contributed by atoms with Crippen LogP contribution in [-0.4, -0.2) is 66.1 Å². The molecular weight excluding hydrogens is 512 g/mol. The second-order valence-corrected chi connectivity index (χ2v) is 9.77. The number of urea groups is 1. The lowest BCUT2D eigenvalue weighted by molar-refractivity contribution is -0.149. The van der Waals surface area contributed by atoms with E-state index in [0.29, 0.717) is 35.1 Å². The van der Waals surface area contributed by atoms with Crippen LogP contribution in [0.2, 0.25) is 10.0 Å². The number of aliphatic hydroxyl groups excluding tert-OH is 1. The Labute approximate surface area is 218 Å². The van der Waals surface area contributed by atoms with Gasteiger partial charge < -0.3 is 30.1 Å². The van der Waals surface area contributed by atoms with Gasteiger partial charge in [0.05, 0.1) is 54.5 Å². The maximum absolute atomic E-state index is 13.2. The zero-order valence-electron chi connectivity index (χ0n) is 19.5. The van der Waals surface area contributed by atoms with Gasteiger partial charge in [0.2, 0.25) is 5.91 Å². The van der Waals surface area contributed by atoms with Crippen LogP contribution in [-0.2, 0) is 20.8 Å². The highest BCUT2D eigenvalue weighted by atomic mass is 35.5. The smallest absolute Gasteiger partial charge is 0.322 e. The Morgan fingerprint density at radius 2 is 1.86 bits per heavy atom. The van der Waals surface area contributed by atoms with Crippen molar-refractivity contribution in [2.75, 3.05) is 25.1 Å². The fraction of sp³-hybridized carbons (Fsp3) is 0.440. The summed E-state index contributed by atoms with van der Waals surface area (Å²) in [6.45, 7) is 0.611. The van der Waals surface area contributed by atoms with Gasteiger partial charge in [-0.3, -0.25) is 4.79 Å². The molecule has 3 amide bonds. The molecule has 2 aromatic carbocycles. The zero-order chi connectivity index (χ0) is 25.7. The third-order valence-corrected chi connectivity index (χ3v) is 6.97. The lowest BCUT2D eigenvalue weighted by Crippen LogP contribution is -2.58. The van der Waals surface area contributed by atoms with Gasteiger partial charge in [0.1, 0.15) is 11.9 Å². The SMILES string of the molecule is O=C(C[C@@H]1CC[C@@H]2[C@H](COC[C@H](O)CN2C(=O)Nc2ccc(Cl)c(Cl)c2)O1)NCc1ccc(F)cc1. The number of halogens is 3. The Kier molecular flexibility index (Phi) is 9.03. The molecule has 0 bridgehead atoms. The molecule has 8 nitrogen and oxygen atoms in total. The predicted octanol–water partition coefficient (Wildman–Crippen LogP) is 3.98. The Morgan fingerprint density at radius 3 is 2.61 bits per heavy atom. The first kappa shape index (κ1) is 26.6. The van der Waals surface area contributed by atoms with Gasteiger partial charge in [-0.2, -0.15) is 0 Å². The van der Waals surface area contributed by atoms with E-state index in [4.69, 9.17) is 32.7 Å². The number of carbonyl (C=O) groups is 2. The molecule has 194 valence electrons. The van der Waals surface area contributed by atoms with Crippen molar-refractivity contribution in [3.8, 4) is 0 Å². The standard InChI is InChI=1S/C25H28Cl2FN3O5/c26-20-7-5-17(9-21(20)27)30-25(34)31-12-18(32)13-35-14-23-22(31)8-6-19(36-23)10-24(33)29-11-15-1-3-16(28)4-2-15/h1-5,7,9,18-19,22-23,32H,6,8,10-14H2,(H,29,33)(H,30,34)/t18-,19+,22-,23+/m1/s1. The molecule has 0 unspecified atom stereocenters. The summed E-state index contributed by atoms with van der Waals surface area (Å²) in [6, 6.07) is 9.98. The maximum Gasteiger partial charge on any atom is 0.322 e. The van der Waals surface area contributed by atoms with Crippen LogP contribution in [0.4, 0.5) is 14.9 Å². The molecule has 0 aliphatic carbocycles. The summed E-state index contributed by atoms with van der Waals surface area (Å²) < 4.78 is 24.8. The number of β-amino-alcohol motifs (C(OH)–C–C–N with tert-alkyl or cyclic N) is 1. The predicted molar refractivity (Wildman–Crippen MR) is 134 cm³/mol. The molecule has 11 heteroatoms. The van der Waals surface area contributed by atoms with Gasteiger partial charge in [0, 0.05) is 12.2 Å². The molecule has 0 radical (unpaired) electrons. The van der Waals surface area contributed by atoms with Gasteiger partial charge in [0.25, 0.3) is 0 Å². The fourth-order valence-corrected chi connectivity index (χ4v) is 4.72. The molecule has 2 aliphatic heterocycles. The lowest BCUT2D eigenvalue weighted by Gasteiger charge is -2.44. The normalized spacial score (nSPS) is 24.3. The Balaban J connectivity index is 1.36. The van der Waals surface area contributed by atoms with Crippen molar-refractivity contribution in [3.63, 3.8) is 0 Å². The Morgan fingerprint density at radius 1 is 1.08 bits per heavy atom. The minimum Gasteiger partial charge on any atom is -0.389 e. The van der Waals surface area contributed by atoms with E-state index < -0.39 is 18.2 Å². The number of anilines is 1. The topological polar surface area (TPSA) is 100 Å². The molecular formula is C25H28Cl2FN3O5. The summed E-state index contributed by atoms with van der Waals surface area (Å²) in [4.78, 5) is 27.2. The van der Waals surface area contributed by atoms with Crippen molar-refractivity contribution in [2.24, 2.45) is 0 Å². The molecule has 4 rings (SSSR count). The number of aliphatic hydroxyl groups is 1. The first-order valence-corrected chi connectivity index (χ1v) is 12.5. The minimum absolute atomic E-state index is 0.0615. The van der Waals surface area contributed by atoms with Gasteiger partial charge in [-0.15, -0.1) is 0 Å². The molecule has 2 fully saturated rings. The summed E-state index contributed by atoms with van der Waals surface area (Å²) in [7, 11) is 0. The monoisotopic (exact) mass is 539 g/mol. The number of hydrogen-bond acceptors (Lipinski definition) is 5. The molecule has 2 aromatic rings. The highest BCUT2D eigenvalue weighted by Gasteiger charge is 2.40. The summed E-state index contributed by atoms with van der Waals surface area (Å²) in [6.07, 6.45) is -0.361. The molecule has 36 heavy (non-hydrogen) atoms. The van der Waals surface area contributed by atoms with Gasteiger partial charge in [-0.25, -0.2) is 9.18 Å². The molecule has 3 N–H and O–H groups in total. The summed E-state index contributed by atoms with van der Waals surface area (Å²) in [5.41, 5.74) is 1.27. The number of nitrogens with zero attached hydrogens (tertiary/aromatic N) is 1. The highest BCUT2D eigenvalue weighted by Crippen LogP contribution is 2.29. The van der Waals surface area contributed by atoms with E-state index in [9.17, 15) is 19.1 Å². The quantitative estimate of drug-likeness (QED) is 0.533. The summed E-state index contributed by atoms with van der Waals surface area (Å²) >= 11 is 12.0. The molecule has 4 atom stereocenters. The van der Waals surface area contributed by atoms with Crippen molar-refractivity contribution >= 4 is 40.8 Å². The van der Waals surface area contributed by atoms with E-state index in [1.54, 1.807) is 35.2 Å². The van der Waals surface area contributed by atoms with Crippen LogP contribution in [0.15, 0.2) is 42.5 Å². The van der Waals surface area contributed by atoms with E-state index in [2.05, 4.69) is 10.6 Å². The first-order valence-electron chi connectivity index (χ1n) is 11.7. The van der Waals surface area contributed by atoms with Crippen LogP contribution in [0, 0.1) is 5.82 Å². The molecule has 2 saturated heterocycles. The van der Waals surface area contributed by atoms with Crippen LogP contribution in [0.1, 0.15) is 24.8 Å². The average Bonchev–Trinajstić information content (AvgIpc) is 2.84. The van der Waals surface area contributed by atoms with E-state index in [-0.39, 0.29) is 50.0 Å². The second-order valence-electron chi connectivity index (χ2n) is 8.95. The van der Waals surface area contributed by atoms with Crippen LogP contribution in [0.3, 0.4) is 0 Å². The lowest BCUT2D eigenvalue weighted by atomic mass is 9.95. The molecule has 0 saturated carbocycles. The Hall–Kier alpha value is -2.43. The van der Waals surface area contributed by atoms with Crippen LogP contribution < -0.4 is 10.6 Å². The number of hydrogen-bond donors (Lipinski definition) is 3. The van der Waals surface area contributed by atoms with Crippen LogP contribution in [0.25, 0.3) is 0 Å². The molecule has 2 aliphatic rings. The third-order valence-electron chi connectivity index (χ3n) is 6.23. The molecule has 0 aromatic heterocycles. The van der Waals surface area contributed by atoms with Crippen LogP contribution in [0.5, 0.6) is 0 Å². The number of benzene rings is 2. The van der Waals surface area contributed by atoms with Gasteiger partial charge in [0.15, 0.2) is 0 Å². The van der Waals surface area contributed by atoms with Crippen molar-refractivity contribution in [1.29, 1.82) is 0 Å². The number of rotatable bonds is 5.